The maximum Gasteiger partial charge on any atom is 0.459 e. The van der Waals surface area contributed by atoms with E-state index in [1.54, 1.807) is 44.4 Å². The highest BCUT2D eigenvalue weighted by molar-refractivity contribution is 7.52. The van der Waals surface area contributed by atoms with Crippen LogP contribution in [0.15, 0.2) is 83.9 Å². The summed E-state index contributed by atoms with van der Waals surface area (Å²) >= 11 is 0. The van der Waals surface area contributed by atoms with E-state index in [-0.39, 0.29) is 29.5 Å². The van der Waals surface area contributed by atoms with Gasteiger partial charge in [-0.15, -0.1) is 0 Å². The summed E-state index contributed by atoms with van der Waals surface area (Å²) in [5.74, 6) is -1.53. The van der Waals surface area contributed by atoms with Crippen molar-refractivity contribution in [3.05, 3.63) is 95.0 Å². The number of benzene rings is 3. The van der Waals surface area contributed by atoms with Gasteiger partial charge in [-0.05, 0) is 51.6 Å². The fourth-order valence-corrected chi connectivity index (χ4v) is 8.17. The number of carbonyl (C=O) groups excluding carboxylic acids is 1. The molecule has 7 rings (SSSR count). The molecule has 15 nitrogen and oxygen atoms in total. The van der Waals surface area contributed by atoms with Gasteiger partial charge in [0, 0.05) is 5.39 Å². The first kappa shape index (κ1) is 34.8. The lowest BCUT2D eigenvalue weighted by atomic mass is 9.96. The topological polar surface area (TPSA) is 191 Å². The van der Waals surface area contributed by atoms with E-state index >= 15 is 0 Å². The number of hydrogen-bond acceptors (Lipinski definition) is 12. The Morgan fingerprint density at radius 3 is 2.59 bits per heavy atom. The van der Waals surface area contributed by atoms with Crippen molar-refractivity contribution in [2.75, 3.05) is 12.3 Å². The van der Waals surface area contributed by atoms with Gasteiger partial charge in [0.25, 0.3) is 5.56 Å². The Hall–Kier alpha value is -4.63. The largest absolute Gasteiger partial charge is 0.459 e. The van der Waals surface area contributed by atoms with Gasteiger partial charge < -0.3 is 29.2 Å². The first-order valence-corrected chi connectivity index (χ1v) is 18.0. The third-order valence-corrected chi connectivity index (χ3v) is 10.6. The number of imidazole rings is 1. The number of H-pyrrole nitrogens is 1. The molecule has 16 heteroatoms. The molecule has 268 valence electrons. The highest BCUT2D eigenvalue weighted by atomic mass is 31.2. The number of rotatable bonds is 11. The smallest absolute Gasteiger partial charge is 0.457 e. The molecule has 0 amide bonds. The molecule has 7 atom stereocenters. The number of nitrogens with one attached hydrogen (secondary N) is 2. The molecule has 5 aromatic rings. The predicted molar refractivity (Wildman–Crippen MR) is 187 cm³/mol. The lowest BCUT2D eigenvalue weighted by Crippen LogP contribution is -2.42. The second-order valence-electron chi connectivity index (χ2n) is 13.2. The van der Waals surface area contributed by atoms with Crippen LogP contribution in [0, 0.1) is 0 Å². The zero-order valence-electron chi connectivity index (χ0n) is 28.6. The summed E-state index contributed by atoms with van der Waals surface area (Å²) < 4.78 is 53.5. The maximum absolute atomic E-state index is 14.7. The standard InChI is InChI=1S/C35H39N6O9P/c1-20(31(43)46-21(2)22-12-7-6-8-13-22)40-51(44,49-25-17-11-15-23-14-9-10-16-24(23)25)45-18-26-28-35(5,50-34(3,4)48-28)32(47-26)41-19-37-27-29(41)38-33(36)39-30(27)42/h6-17,19-21,26,28,32H,18H2,1-5H3,(H,40,44)(H3,36,38,39,42)/t20-,21-,26+,28+,32+,35+,51?/m0/s1. The van der Waals surface area contributed by atoms with Crippen LogP contribution in [0.3, 0.4) is 0 Å². The van der Waals surface area contributed by atoms with Crippen molar-refractivity contribution in [1.82, 2.24) is 24.6 Å². The third-order valence-electron chi connectivity index (χ3n) is 8.92. The van der Waals surface area contributed by atoms with Crippen molar-refractivity contribution >= 4 is 41.6 Å². The first-order chi connectivity index (χ1) is 24.3. The number of nitrogen functional groups attached to an aromatic ring is 1. The zero-order chi connectivity index (χ0) is 36.1. The number of anilines is 1. The fraction of sp³-hybridized carbons (Fsp3) is 0.371. The number of hydrogen-bond donors (Lipinski definition) is 3. The van der Waals surface area contributed by atoms with Gasteiger partial charge in [-0.25, -0.2) is 9.55 Å². The highest BCUT2D eigenvalue weighted by Gasteiger charge is 2.64. The summed E-state index contributed by atoms with van der Waals surface area (Å²) in [5, 5.41) is 4.32. The number of ether oxygens (including phenoxy) is 4. The highest BCUT2D eigenvalue weighted by Crippen LogP contribution is 2.53. The molecule has 2 aliphatic rings. The van der Waals surface area contributed by atoms with E-state index in [1.807, 2.05) is 60.7 Å². The minimum atomic E-state index is -4.37. The Labute approximate surface area is 292 Å². The molecule has 0 bridgehead atoms. The van der Waals surface area contributed by atoms with Crippen LogP contribution in [0.1, 0.15) is 52.5 Å². The van der Waals surface area contributed by atoms with Gasteiger partial charge in [0.2, 0.25) is 5.95 Å². The number of aromatic amines is 1. The summed E-state index contributed by atoms with van der Waals surface area (Å²) in [6, 6.07) is 20.9. The molecule has 3 aromatic carbocycles. The van der Waals surface area contributed by atoms with Crippen LogP contribution in [0.25, 0.3) is 21.9 Å². The number of nitrogens with zero attached hydrogens (tertiary/aromatic N) is 3. The van der Waals surface area contributed by atoms with E-state index in [1.165, 1.54) is 13.3 Å². The summed E-state index contributed by atoms with van der Waals surface area (Å²) in [7, 11) is -4.37. The Bertz CT molecular complexity index is 2190. The molecule has 0 saturated carbocycles. The van der Waals surface area contributed by atoms with Crippen LogP contribution in [0.4, 0.5) is 5.95 Å². The van der Waals surface area contributed by atoms with E-state index in [9.17, 15) is 14.2 Å². The molecule has 2 saturated heterocycles. The average Bonchev–Trinajstić information content (AvgIpc) is 3.70. The molecule has 0 spiro atoms. The van der Waals surface area contributed by atoms with Crippen LogP contribution in [-0.2, 0) is 32.8 Å². The van der Waals surface area contributed by atoms with Gasteiger partial charge in [-0.1, -0.05) is 66.7 Å². The Morgan fingerprint density at radius 2 is 1.80 bits per heavy atom. The first-order valence-electron chi connectivity index (χ1n) is 16.5. The SMILES string of the molecule is C[C@H](NP(=O)(OC[C@H]1O[C@@H](n2cnc3c(=O)[nH]c(N)nc32)[C@]2(C)OC(C)(C)O[C@H]12)Oc1cccc2ccccc12)C(=O)O[C@@H](C)c1ccccc1. The monoisotopic (exact) mass is 718 g/mol. The number of esters is 1. The van der Waals surface area contributed by atoms with Crippen LogP contribution in [0.2, 0.25) is 0 Å². The zero-order valence-corrected chi connectivity index (χ0v) is 29.5. The molecular weight excluding hydrogens is 679 g/mol. The van der Waals surface area contributed by atoms with Gasteiger partial charge in [0.1, 0.15) is 35.7 Å². The minimum Gasteiger partial charge on any atom is -0.457 e. The molecule has 51 heavy (non-hydrogen) atoms. The molecule has 0 aliphatic carbocycles. The van der Waals surface area contributed by atoms with Gasteiger partial charge in [-0.2, -0.15) is 10.1 Å². The Morgan fingerprint density at radius 1 is 1.08 bits per heavy atom. The molecule has 1 unspecified atom stereocenters. The lowest BCUT2D eigenvalue weighted by Gasteiger charge is -2.30. The van der Waals surface area contributed by atoms with E-state index in [2.05, 4.69) is 20.0 Å². The Kier molecular flexibility index (Phi) is 8.98. The van der Waals surface area contributed by atoms with Crippen LogP contribution in [0.5, 0.6) is 5.75 Å². The molecular formula is C35H39N6O9P. The average molecular weight is 719 g/mol. The second-order valence-corrected chi connectivity index (χ2v) is 14.9. The van der Waals surface area contributed by atoms with Crippen molar-refractivity contribution in [3.63, 3.8) is 0 Å². The molecule has 0 radical (unpaired) electrons. The summed E-state index contributed by atoms with van der Waals surface area (Å²) in [6.07, 6.45) is -1.71. The predicted octanol–water partition coefficient (Wildman–Crippen LogP) is 5.15. The van der Waals surface area contributed by atoms with Gasteiger partial charge in [0.05, 0.1) is 12.9 Å². The van der Waals surface area contributed by atoms with Crippen LogP contribution >= 0.6 is 7.75 Å². The van der Waals surface area contributed by atoms with Gasteiger partial charge in [0.15, 0.2) is 23.2 Å². The van der Waals surface area contributed by atoms with Crippen molar-refractivity contribution in [2.45, 2.75) is 76.6 Å². The third kappa shape index (κ3) is 6.76. The summed E-state index contributed by atoms with van der Waals surface area (Å²) in [6.45, 7) is 8.27. The quantitative estimate of drug-likeness (QED) is 0.120. The molecule has 2 aliphatic heterocycles. The normalized spacial score (nSPS) is 24.9. The van der Waals surface area contributed by atoms with Crippen molar-refractivity contribution in [1.29, 1.82) is 0 Å². The molecule has 2 aromatic heterocycles. The maximum atomic E-state index is 14.7. The second kappa shape index (κ2) is 13.2. The number of fused-ring (bicyclic) bond motifs is 3. The number of nitrogens with two attached hydrogens (primary N) is 1. The van der Waals surface area contributed by atoms with Gasteiger partial charge >= 0.3 is 13.7 Å². The van der Waals surface area contributed by atoms with Crippen molar-refractivity contribution < 1.29 is 37.4 Å². The summed E-state index contributed by atoms with van der Waals surface area (Å²) in [5.41, 5.74) is 5.24. The number of carbonyl (C=O) groups is 1. The minimum absolute atomic E-state index is 0.0606. The van der Waals surface area contributed by atoms with E-state index in [0.29, 0.717) is 5.39 Å². The van der Waals surface area contributed by atoms with E-state index < -0.39 is 61.2 Å². The lowest BCUT2D eigenvalue weighted by molar-refractivity contribution is -0.216. The molecule has 4 N–H and O–H groups in total. The van der Waals surface area contributed by atoms with Crippen LogP contribution < -0.4 is 20.9 Å². The van der Waals surface area contributed by atoms with Crippen LogP contribution in [-0.4, -0.2) is 61.7 Å². The van der Waals surface area contributed by atoms with E-state index in [0.717, 1.165) is 10.9 Å². The number of aromatic nitrogens is 4. The Balaban J connectivity index is 1.17. The summed E-state index contributed by atoms with van der Waals surface area (Å²) in [4.78, 5) is 36.8. The van der Waals surface area contributed by atoms with Gasteiger partial charge in [-0.3, -0.25) is 23.7 Å². The van der Waals surface area contributed by atoms with Crippen molar-refractivity contribution in [2.24, 2.45) is 0 Å². The van der Waals surface area contributed by atoms with Crippen molar-refractivity contribution in [3.8, 4) is 5.75 Å². The van der Waals surface area contributed by atoms with E-state index in [4.69, 9.17) is 33.7 Å². The molecule has 2 fully saturated rings. The molecule has 4 heterocycles. The fourth-order valence-electron chi connectivity index (χ4n) is 6.65.